The van der Waals surface area contributed by atoms with Gasteiger partial charge in [-0.15, -0.1) is 0 Å². The number of amides is 1. The first-order chi connectivity index (χ1) is 13.5. The van der Waals surface area contributed by atoms with Crippen molar-refractivity contribution < 1.29 is 4.79 Å². The predicted octanol–water partition coefficient (Wildman–Crippen LogP) is 3.69. The Labute approximate surface area is 164 Å². The number of anilines is 1. The maximum absolute atomic E-state index is 12.7. The highest BCUT2D eigenvalue weighted by molar-refractivity contribution is 5.94. The van der Waals surface area contributed by atoms with Gasteiger partial charge in [-0.2, -0.15) is 5.26 Å². The molecule has 0 bridgehead atoms. The normalized spacial score (nSPS) is 14.2. The highest BCUT2D eigenvalue weighted by Gasteiger charge is 2.24. The van der Waals surface area contributed by atoms with Crippen molar-refractivity contribution in [2.45, 2.75) is 13.8 Å². The summed E-state index contributed by atoms with van der Waals surface area (Å²) in [6, 6.07) is 17.9. The van der Waals surface area contributed by atoms with Crippen LogP contribution in [0.25, 0.3) is 10.9 Å². The van der Waals surface area contributed by atoms with Crippen molar-refractivity contribution >= 4 is 22.6 Å². The molecule has 0 atom stereocenters. The maximum atomic E-state index is 12.7. The minimum absolute atomic E-state index is 0.0575. The largest absolute Gasteiger partial charge is 0.352 e. The van der Waals surface area contributed by atoms with Crippen molar-refractivity contribution in [3.8, 4) is 6.07 Å². The molecule has 28 heavy (non-hydrogen) atoms. The van der Waals surface area contributed by atoms with E-state index in [1.807, 2.05) is 67.3 Å². The van der Waals surface area contributed by atoms with E-state index in [1.165, 1.54) is 0 Å². The first kappa shape index (κ1) is 18.0. The Morgan fingerprint density at radius 3 is 2.32 bits per heavy atom. The Balaban J connectivity index is 1.53. The van der Waals surface area contributed by atoms with Crippen LogP contribution in [0.15, 0.2) is 48.5 Å². The molecule has 0 saturated carbocycles. The number of carbonyl (C=O) groups excluding carboxylic acids is 1. The van der Waals surface area contributed by atoms with Crippen LogP contribution < -0.4 is 4.90 Å². The summed E-state index contributed by atoms with van der Waals surface area (Å²) in [5.74, 6) is 0.767. The van der Waals surface area contributed by atoms with Crippen LogP contribution in [0.2, 0.25) is 0 Å². The average molecular weight is 370 g/mol. The van der Waals surface area contributed by atoms with Crippen LogP contribution in [0.5, 0.6) is 0 Å². The predicted molar refractivity (Wildman–Crippen MR) is 110 cm³/mol. The molecule has 2 heterocycles. The lowest BCUT2D eigenvalue weighted by atomic mass is 10.1. The molecule has 1 aliphatic rings. The number of hydrogen-bond acceptors (Lipinski definition) is 4. The first-order valence-corrected chi connectivity index (χ1v) is 9.47. The quantitative estimate of drug-likeness (QED) is 0.690. The van der Waals surface area contributed by atoms with Gasteiger partial charge < -0.3 is 9.80 Å². The second-order valence-corrected chi connectivity index (χ2v) is 7.31. The van der Waals surface area contributed by atoms with Crippen molar-refractivity contribution in [2.75, 3.05) is 31.1 Å². The fraction of sp³-hybridized carbons (Fsp3) is 0.261. The van der Waals surface area contributed by atoms with Gasteiger partial charge in [0.25, 0.3) is 5.91 Å². The van der Waals surface area contributed by atoms with E-state index in [4.69, 9.17) is 4.98 Å². The lowest BCUT2D eigenvalue weighted by Gasteiger charge is -2.36. The third kappa shape index (κ3) is 3.41. The van der Waals surface area contributed by atoms with Crippen LogP contribution >= 0.6 is 0 Å². The highest BCUT2D eigenvalue weighted by Crippen LogP contribution is 2.25. The van der Waals surface area contributed by atoms with Crippen molar-refractivity contribution in [1.29, 1.82) is 5.26 Å². The molecule has 1 aromatic heterocycles. The maximum Gasteiger partial charge on any atom is 0.253 e. The van der Waals surface area contributed by atoms with Gasteiger partial charge in [0.1, 0.15) is 11.9 Å². The molecule has 1 amide bonds. The Morgan fingerprint density at radius 1 is 0.964 bits per heavy atom. The van der Waals surface area contributed by atoms with Crippen LogP contribution in [0.1, 0.15) is 27.0 Å². The highest BCUT2D eigenvalue weighted by atomic mass is 16.2. The monoisotopic (exact) mass is 370 g/mol. The molecule has 4 rings (SSSR count). The van der Waals surface area contributed by atoms with E-state index < -0.39 is 0 Å². The summed E-state index contributed by atoms with van der Waals surface area (Å²) >= 11 is 0. The fourth-order valence-corrected chi connectivity index (χ4v) is 3.61. The zero-order valence-corrected chi connectivity index (χ0v) is 16.1. The summed E-state index contributed by atoms with van der Waals surface area (Å²) < 4.78 is 0. The summed E-state index contributed by atoms with van der Waals surface area (Å²) in [6.07, 6.45) is 0. The van der Waals surface area contributed by atoms with Gasteiger partial charge in [-0.1, -0.05) is 29.3 Å². The molecule has 0 radical (unpaired) electrons. The van der Waals surface area contributed by atoms with E-state index in [2.05, 4.69) is 11.0 Å². The van der Waals surface area contributed by atoms with Crippen LogP contribution in [-0.2, 0) is 0 Å². The number of fused-ring (bicyclic) bond motifs is 1. The number of hydrogen-bond donors (Lipinski definition) is 0. The van der Waals surface area contributed by atoms with Crippen molar-refractivity contribution in [3.63, 3.8) is 0 Å². The summed E-state index contributed by atoms with van der Waals surface area (Å²) in [7, 11) is 0. The summed E-state index contributed by atoms with van der Waals surface area (Å²) in [5, 5.41) is 10.6. The van der Waals surface area contributed by atoms with E-state index in [1.54, 1.807) is 0 Å². The molecule has 5 heteroatoms. The molecule has 1 aliphatic heterocycles. The number of aromatic nitrogens is 1. The number of nitriles is 1. The van der Waals surface area contributed by atoms with Crippen LogP contribution in [0.4, 0.5) is 5.82 Å². The smallest absolute Gasteiger partial charge is 0.253 e. The lowest BCUT2D eigenvalue weighted by Crippen LogP contribution is -2.49. The molecule has 1 saturated heterocycles. The second-order valence-electron chi connectivity index (χ2n) is 7.31. The Bertz CT molecular complexity index is 1070. The van der Waals surface area contributed by atoms with Gasteiger partial charge >= 0.3 is 0 Å². The number of rotatable bonds is 2. The Kier molecular flexibility index (Phi) is 4.70. The molecular weight excluding hydrogens is 348 g/mol. The zero-order valence-electron chi connectivity index (χ0n) is 16.1. The third-order valence-electron chi connectivity index (χ3n) is 5.24. The molecule has 5 nitrogen and oxygen atoms in total. The van der Waals surface area contributed by atoms with Gasteiger partial charge in [0.15, 0.2) is 0 Å². The first-order valence-electron chi connectivity index (χ1n) is 9.47. The number of benzene rings is 2. The van der Waals surface area contributed by atoms with E-state index in [0.717, 1.165) is 27.6 Å². The summed E-state index contributed by atoms with van der Waals surface area (Å²) in [4.78, 5) is 21.5. The van der Waals surface area contributed by atoms with E-state index in [0.29, 0.717) is 37.6 Å². The standard InChI is InChI=1S/C23H22N4O/c1-16-3-6-18(7-4-16)23(28)27-11-9-26(10-12-27)22-20(15-24)14-19-13-17(2)5-8-21(19)25-22/h3-8,13-14H,9-12H2,1-2H3. The molecule has 0 N–H and O–H groups in total. The summed E-state index contributed by atoms with van der Waals surface area (Å²) in [6.45, 7) is 6.60. The topological polar surface area (TPSA) is 60.2 Å². The number of nitrogens with zero attached hydrogens (tertiary/aromatic N) is 4. The number of pyridine rings is 1. The Hall–Kier alpha value is -3.39. The molecule has 1 fully saturated rings. The van der Waals surface area contributed by atoms with Gasteiger partial charge in [-0.3, -0.25) is 4.79 Å². The molecule has 0 spiro atoms. The van der Waals surface area contributed by atoms with Crippen molar-refractivity contribution in [2.24, 2.45) is 0 Å². The van der Waals surface area contributed by atoms with Crippen molar-refractivity contribution in [1.82, 2.24) is 9.88 Å². The van der Waals surface area contributed by atoms with Gasteiger partial charge in [-0.25, -0.2) is 4.98 Å². The minimum Gasteiger partial charge on any atom is -0.352 e. The summed E-state index contributed by atoms with van der Waals surface area (Å²) in [5.41, 5.74) is 4.47. The molecular formula is C23H22N4O. The molecule has 3 aromatic rings. The lowest BCUT2D eigenvalue weighted by molar-refractivity contribution is 0.0746. The molecule has 2 aromatic carbocycles. The van der Waals surface area contributed by atoms with Crippen LogP contribution in [-0.4, -0.2) is 42.0 Å². The second kappa shape index (κ2) is 7.32. The number of carbonyl (C=O) groups is 1. The zero-order chi connectivity index (χ0) is 19.7. The molecule has 0 unspecified atom stereocenters. The van der Waals surface area contributed by atoms with Crippen LogP contribution in [0.3, 0.4) is 0 Å². The van der Waals surface area contributed by atoms with Gasteiger partial charge in [0, 0.05) is 37.1 Å². The SMILES string of the molecule is Cc1ccc(C(=O)N2CCN(c3nc4ccc(C)cc4cc3C#N)CC2)cc1. The Morgan fingerprint density at radius 2 is 1.64 bits per heavy atom. The van der Waals surface area contributed by atoms with Gasteiger partial charge in [-0.05, 0) is 44.2 Å². The number of piperazine rings is 1. The fourth-order valence-electron chi connectivity index (χ4n) is 3.61. The average Bonchev–Trinajstić information content (AvgIpc) is 2.73. The van der Waals surface area contributed by atoms with E-state index in [-0.39, 0.29) is 5.91 Å². The molecule has 0 aliphatic carbocycles. The number of aryl methyl sites for hydroxylation is 2. The van der Waals surface area contributed by atoms with Crippen LogP contribution in [0, 0.1) is 25.2 Å². The van der Waals surface area contributed by atoms with E-state index >= 15 is 0 Å². The van der Waals surface area contributed by atoms with E-state index in [9.17, 15) is 10.1 Å². The van der Waals surface area contributed by atoms with Gasteiger partial charge in [0.05, 0.1) is 11.1 Å². The van der Waals surface area contributed by atoms with Gasteiger partial charge in [0.2, 0.25) is 0 Å². The van der Waals surface area contributed by atoms with Crippen molar-refractivity contribution in [3.05, 3.63) is 70.8 Å². The molecule has 140 valence electrons. The minimum atomic E-state index is 0.0575. The third-order valence-corrected chi connectivity index (χ3v) is 5.24.